The van der Waals surface area contributed by atoms with E-state index in [0.29, 0.717) is 17.9 Å². The first-order valence-corrected chi connectivity index (χ1v) is 13.7. The third-order valence-electron chi connectivity index (χ3n) is 5.80. The zero-order valence-electron chi connectivity index (χ0n) is 19.6. The van der Waals surface area contributed by atoms with Crippen LogP contribution in [0.3, 0.4) is 0 Å². The summed E-state index contributed by atoms with van der Waals surface area (Å²) >= 11 is 0. The molecular weight excluding hydrogens is 466 g/mol. The molecule has 33 heavy (non-hydrogen) atoms. The van der Waals surface area contributed by atoms with Crippen LogP contribution < -0.4 is 4.72 Å². The van der Waals surface area contributed by atoms with E-state index in [4.69, 9.17) is 0 Å². The van der Waals surface area contributed by atoms with E-state index in [9.17, 15) is 21.6 Å². The quantitative estimate of drug-likeness (QED) is 0.610. The molecule has 1 aromatic heterocycles. The Kier molecular flexibility index (Phi) is 7.32. The maximum Gasteiger partial charge on any atom is 0.246 e. The summed E-state index contributed by atoms with van der Waals surface area (Å²) in [5.41, 5.74) is 1.97. The van der Waals surface area contributed by atoms with Gasteiger partial charge in [-0.1, -0.05) is 17.7 Å². The molecule has 0 spiro atoms. The third-order valence-corrected chi connectivity index (χ3v) is 9.50. The molecule has 0 radical (unpaired) electrons. The van der Waals surface area contributed by atoms with Gasteiger partial charge < -0.3 is 4.90 Å². The fourth-order valence-corrected chi connectivity index (χ4v) is 6.97. The third kappa shape index (κ3) is 5.13. The standard InChI is InChI=1S/C21H31N5O5S2/c1-6-26-18(5)20(16(3)22-26)33(30,31)25-13-11-24(12-14-25)21(27)17(4)23-32(28,29)19-9-7-15(2)8-10-19/h7-10,17,23H,6,11-14H2,1-5H3. The molecule has 2 aromatic rings. The van der Waals surface area contributed by atoms with Gasteiger partial charge in [-0.25, -0.2) is 16.8 Å². The second-order valence-corrected chi connectivity index (χ2v) is 11.8. The summed E-state index contributed by atoms with van der Waals surface area (Å²) < 4.78 is 57.0. The lowest BCUT2D eigenvalue weighted by atomic mass is 10.2. The first-order chi connectivity index (χ1) is 15.4. The van der Waals surface area contributed by atoms with E-state index >= 15 is 0 Å². The van der Waals surface area contributed by atoms with Gasteiger partial charge in [-0.3, -0.25) is 9.48 Å². The number of hydrogen-bond acceptors (Lipinski definition) is 6. The van der Waals surface area contributed by atoms with E-state index in [2.05, 4.69) is 9.82 Å². The van der Waals surface area contributed by atoms with Gasteiger partial charge in [-0.05, 0) is 46.8 Å². The molecule has 1 N–H and O–H groups in total. The Hall–Kier alpha value is -2.28. The fourth-order valence-electron chi connectivity index (χ4n) is 3.98. The van der Waals surface area contributed by atoms with Crippen molar-refractivity contribution >= 4 is 26.0 Å². The Balaban J connectivity index is 1.66. The van der Waals surface area contributed by atoms with Crippen molar-refractivity contribution in [3.05, 3.63) is 41.2 Å². The smallest absolute Gasteiger partial charge is 0.246 e. The predicted octanol–water partition coefficient (Wildman–Crippen LogP) is 1.03. The molecule has 182 valence electrons. The Bertz CT molecular complexity index is 1230. The van der Waals surface area contributed by atoms with Crippen LogP contribution in [0.15, 0.2) is 34.1 Å². The Morgan fingerprint density at radius 1 is 1.03 bits per heavy atom. The van der Waals surface area contributed by atoms with Gasteiger partial charge in [0.1, 0.15) is 4.90 Å². The molecule has 1 amide bonds. The molecule has 1 fully saturated rings. The van der Waals surface area contributed by atoms with Gasteiger partial charge >= 0.3 is 0 Å². The summed E-state index contributed by atoms with van der Waals surface area (Å²) in [6.07, 6.45) is 0. The molecule has 1 aromatic carbocycles. The minimum Gasteiger partial charge on any atom is -0.339 e. The Morgan fingerprint density at radius 3 is 2.12 bits per heavy atom. The number of rotatable bonds is 7. The van der Waals surface area contributed by atoms with Crippen molar-refractivity contribution in [1.82, 2.24) is 23.7 Å². The number of nitrogens with one attached hydrogen (secondary N) is 1. The van der Waals surface area contributed by atoms with Gasteiger partial charge in [-0.15, -0.1) is 0 Å². The van der Waals surface area contributed by atoms with Gasteiger partial charge in [0.25, 0.3) is 0 Å². The van der Waals surface area contributed by atoms with E-state index < -0.39 is 32.0 Å². The summed E-state index contributed by atoms with van der Waals surface area (Å²) in [6.45, 7) is 9.82. The lowest BCUT2D eigenvalue weighted by Gasteiger charge is -2.35. The first kappa shape index (κ1) is 25.3. The molecule has 0 saturated carbocycles. The van der Waals surface area contributed by atoms with Crippen LogP contribution in [-0.2, 0) is 31.4 Å². The Labute approximate surface area is 195 Å². The second kappa shape index (κ2) is 9.53. The second-order valence-electron chi connectivity index (χ2n) is 8.20. The summed E-state index contributed by atoms with van der Waals surface area (Å²) in [5.74, 6) is -0.395. The van der Waals surface area contributed by atoms with E-state index in [1.165, 1.54) is 28.3 Å². The SMILES string of the molecule is CCn1nc(C)c(S(=O)(=O)N2CCN(C(=O)C(C)NS(=O)(=O)c3ccc(C)cc3)CC2)c1C. The Morgan fingerprint density at radius 2 is 1.61 bits per heavy atom. The molecule has 3 rings (SSSR count). The largest absolute Gasteiger partial charge is 0.339 e. The van der Waals surface area contributed by atoms with Crippen LogP contribution >= 0.6 is 0 Å². The number of benzene rings is 1. The summed E-state index contributed by atoms with van der Waals surface area (Å²) in [7, 11) is -7.60. The normalized spacial score (nSPS) is 16.7. The van der Waals surface area contributed by atoms with Gasteiger partial charge in [0.05, 0.1) is 22.3 Å². The maximum absolute atomic E-state index is 13.2. The minimum atomic E-state index is -3.85. The van der Waals surface area contributed by atoms with Crippen molar-refractivity contribution in [3.63, 3.8) is 0 Å². The van der Waals surface area contributed by atoms with Crippen molar-refractivity contribution in [2.75, 3.05) is 26.2 Å². The molecule has 1 saturated heterocycles. The highest BCUT2D eigenvalue weighted by molar-refractivity contribution is 7.89. The number of sulfonamides is 2. The van der Waals surface area contributed by atoms with E-state index in [-0.39, 0.29) is 36.0 Å². The highest BCUT2D eigenvalue weighted by Crippen LogP contribution is 2.24. The van der Waals surface area contributed by atoms with Gasteiger partial charge in [0.2, 0.25) is 26.0 Å². The van der Waals surface area contributed by atoms with Crippen LogP contribution in [0.1, 0.15) is 30.8 Å². The van der Waals surface area contributed by atoms with Crippen LogP contribution in [0.2, 0.25) is 0 Å². The van der Waals surface area contributed by atoms with Crippen LogP contribution in [0.5, 0.6) is 0 Å². The van der Waals surface area contributed by atoms with Crippen molar-refractivity contribution < 1.29 is 21.6 Å². The van der Waals surface area contributed by atoms with Crippen LogP contribution in [0.25, 0.3) is 0 Å². The number of hydrogen-bond donors (Lipinski definition) is 1. The summed E-state index contributed by atoms with van der Waals surface area (Å²) in [5, 5.41) is 4.30. The molecule has 1 unspecified atom stereocenters. The van der Waals surface area contributed by atoms with E-state index in [0.717, 1.165) is 5.56 Å². The maximum atomic E-state index is 13.2. The van der Waals surface area contributed by atoms with Crippen molar-refractivity contribution in [1.29, 1.82) is 0 Å². The average molecular weight is 498 g/mol. The molecule has 10 nitrogen and oxygen atoms in total. The van der Waals surface area contributed by atoms with Gasteiger partial charge in [0.15, 0.2) is 0 Å². The summed E-state index contributed by atoms with van der Waals surface area (Å²) in [6, 6.07) is 5.38. The van der Waals surface area contributed by atoms with Crippen LogP contribution in [0.4, 0.5) is 0 Å². The average Bonchev–Trinajstić information content (AvgIpc) is 3.07. The molecule has 2 heterocycles. The molecule has 1 aliphatic heterocycles. The minimum absolute atomic E-state index is 0.0852. The lowest BCUT2D eigenvalue weighted by Crippen LogP contribution is -2.55. The topological polar surface area (TPSA) is 122 Å². The number of aryl methyl sites for hydroxylation is 3. The molecule has 1 atom stereocenters. The molecular formula is C21H31N5O5S2. The first-order valence-electron chi connectivity index (χ1n) is 10.8. The van der Waals surface area contributed by atoms with Crippen LogP contribution in [-0.4, -0.2) is 73.9 Å². The molecule has 0 bridgehead atoms. The number of aromatic nitrogens is 2. The number of piperazine rings is 1. The fraction of sp³-hybridized carbons (Fsp3) is 0.524. The van der Waals surface area contributed by atoms with E-state index in [1.54, 1.807) is 30.7 Å². The van der Waals surface area contributed by atoms with Crippen molar-refractivity contribution in [2.24, 2.45) is 0 Å². The molecule has 0 aliphatic carbocycles. The van der Waals surface area contributed by atoms with E-state index in [1.807, 2.05) is 13.8 Å². The summed E-state index contributed by atoms with van der Waals surface area (Å²) in [4.78, 5) is 14.6. The molecule has 12 heteroatoms. The number of carbonyl (C=O) groups is 1. The predicted molar refractivity (Wildman–Crippen MR) is 124 cm³/mol. The number of nitrogens with zero attached hydrogens (tertiary/aromatic N) is 4. The van der Waals surface area contributed by atoms with Gasteiger partial charge in [-0.2, -0.15) is 14.1 Å². The van der Waals surface area contributed by atoms with Gasteiger partial charge in [0, 0.05) is 32.7 Å². The van der Waals surface area contributed by atoms with Crippen LogP contribution in [0, 0.1) is 20.8 Å². The number of amides is 1. The zero-order valence-corrected chi connectivity index (χ0v) is 21.2. The van der Waals surface area contributed by atoms with Crippen molar-refractivity contribution in [3.8, 4) is 0 Å². The lowest BCUT2D eigenvalue weighted by molar-refractivity contribution is -0.133. The number of carbonyl (C=O) groups excluding carboxylic acids is 1. The van der Waals surface area contributed by atoms with Crippen molar-refractivity contribution in [2.45, 2.75) is 57.0 Å². The molecule has 1 aliphatic rings. The highest BCUT2D eigenvalue weighted by atomic mass is 32.2. The monoisotopic (exact) mass is 497 g/mol. The highest BCUT2D eigenvalue weighted by Gasteiger charge is 2.35. The zero-order chi connectivity index (χ0) is 24.6.